The molecule has 1 N–H and O–H groups in total. The lowest BCUT2D eigenvalue weighted by molar-refractivity contribution is -0.115. The summed E-state index contributed by atoms with van der Waals surface area (Å²) >= 11 is 5.90. The van der Waals surface area contributed by atoms with Crippen molar-refractivity contribution in [3.63, 3.8) is 0 Å². The highest BCUT2D eigenvalue weighted by Crippen LogP contribution is 2.30. The molecule has 1 aromatic heterocycles. The second-order valence-electron chi connectivity index (χ2n) is 6.44. The first-order valence-corrected chi connectivity index (χ1v) is 9.78. The summed E-state index contributed by atoms with van der Waals surface area (Å²) in [5, 5.41) is 3.51. The summed E-state index contributed by atoms with van der Waals surface area (Å²) in [4.78, 5) is 16.9. The number of unbranched alkanes of at least 4 members (excludes halogenated alkanes) is 1. The molecular formula is C22H23ClN2O4. The molecule has 0 fully saturated rings. The average molecular weight is 415 g/mol. The molecule has 0 aliphatic rings. The summed E-state index contributed by atoms with van der Waals surface area (Å²) in [5.74, 6) is 1.45. The number of nitrogens with one attached hydrogen (secondary N) is 1. The highest BCUT2D eigenvalue weighted by atomic mass is 35.5. The Hall–Kier alpha value is -2.99. The zero-order chi connectivity index (χ0) is 20.6. The molecule has 2 aromatic carbocycles. The molecule has 7 heteroatoms. The number of aromatic nitrogens is 1. The topological polar surface area (TPSA) is 73.6 Å². The van der Waals surface area contributed by atoms with Crippen LogP contribution >= 0.6 is 11.6 Å². The summed E-state index contributed by atoms with van der Waals surface area (Å²) in [5.41, 5.74) is 1.89. The van der Waals surface area contributed by atoms with E-state index in [-0.39, 0.29) is 12.3 Å². The number of benzene rings is 2. The first kappa shape index (κ1) is 20.7. The van der Waals surface area contributed by atoms with Crippen molar-refractivity contribution < 1.29 is 18.7 Å². The van der Waals surface area contributed by atoms with Gasteiger partial charge in [-0.2, -0.15) is 0 Å². The molecule has 6 nitrogen and oxygen atoms in total. The number of hydrogen-bond donors (Lipinski definition) is 1. The van der Waals surface area contributed by atoms with Crippen LogP contribution in [0, 0.1) is 0 Å². The van der Waals surface area contributed by atoms with Gasteiger partial charge in [-0.15, -0.1) is 0 Å². The monoisotopic (exact) mass is 414 g/mol. The minimum Gasteiger partial charge on any atom is -0.497 e. The van der Waals surface area contributed by atoms with E-state index >= 15 is 0 Å². The number of hydrogen-bond acceptors (Lipinski definition) is 5. The molecule has 0 aliphatic carbocycles. The van der Waals surface area contributed by atoms with E-state index in [4.69, 9.17) is 25.5 Å². The zero-order valence-electron chi connectivity index (χ0n) is 16.4. The Bertz CT molecular complexity index is 954. The molecule has 0 saturated heterocycles. The minimum absolute atomic E-state index is 0.0721. The Morgan fingerprint density at radius 3 is 2.72 bits per heavy atom. The number of nitrogens with zero attached hydrogens (tertiary/aromatic N) is 1. The van der Waals surface area contributed by atoms with E-state index < -0.39 is 0 Å². The van der Waals surface area contributed by atoms with Crippen LogP contribution in [0.1, 0.15) is 25.5 Å². The van der Waals surface area contributed by atoms with Gasteiger partial charge in [0.15, 0.2) is 0 Å². The van der Waals surface area contributed by atoms with E-state index in [1.54, 1.807) is 37.4 Å². The molecular weight excluding hydrogens is 392 g/mol. The smallest absolute Gasteiger partial charge is 0.230 e. The van der Waals surface area contributed by atoms with E-state index in [0.717, 1.165) is 18.4 Å². The van der Waals surface area contributed by atoms with E-state index in [1.807, 2.05) is 12.1 Å². The SMILES string of the molecule is CCCCOc1ccc(OC)cc1NC(=O)Cc1coc(-c2ccc(Cl)cc2)n1. The van der Waals surface area contributed by atoms with Crippen LogP contribution in [0.5, 0.6) is 11.5 Å². The summed E-state index contributed by atoms with van der Waals surface area (Å²) in [7, 11) is 1.58. The third-order valence-corrected chi connectivity index (χ3v) is 4.45. The molecule has 0 bridgehead atoms. The second kappa shape index (κ2) is 9.98. The van der Waals surface area contributed by atoms with Crippen LogP contribution in [0.3, 0.4) is 0 Å². The van der Waals surface area contributed by atoms with Gasteiger partial charge in [0.2, 0.25) is 11.8 Å². The van der Waals surface area contributed by atoms with Crippen LogP contribution in [0.2, 0.25) is 5.02 Å². The highest BCUT2D eigenvalue weighted by Gasteiger charge is 2.14. The Morgan fingerprint density at radius 1 is 1.21 bits per heavy atom. The fourth-order valence-electron chi connectivity index (χ4n) is 2.66. The maximum absolute atomic E-state index is 12.5. The van der Waals surface area contributed by atoms with Crippen molar-refractivity contribution in [3.8, 4) is 23.0 Å². The summed E-state index contributed by atoms with van der Waals surface area (Å²) < 4.78 is 16.5. The molecule has 1 heterocycles. The van der Waals surface area contributed by atoms with Gasteiger partial charge in [-0.1, -0.05) is 24.9 Å². The average Bonchev–Trinajstić information content (AvgIpc) is 3.18. The number of ether oxygens (including phenoxy) is 2. The maximum Gasteiger partial charge on any atom is 0.230 e. The highest BCUT2D eigenvalue weighted by molar-refractivity contribution is 6.30. The molecule has 0 radical (unpaired) electrons. The fourth-order valence-corrected chi connectivity index (χ4v) is 2.78. The van der Waals surface area contributed by atoms with Gasteiger partial charge in [0.25, 0.3) is 0 Å². The lowest BCUT2D eigenvalue weighted by atomic mass is 10.2. The van der Waals surface area contributed by atoms with Crippen molar-refractivity contribution in [3.05, 3.63) is 59.4 Å². The summed E-state index contributed by atoms with van der Waals surface area (Å²) in [6.45, 7) is 2.68. The van der Waals surface area contributed by atoms with E-state index in [1.165, 1.54) is 6.26 Å². The fraction of sp³-hybridized carbons (Fsp3) is 0.273. The Balaban J connectivity index is 1.68. The summed E-state index contributed by atoms with van der Waals surface area (Å²) in [6.07, 6.45) is 3.52. The van der Waals surface area contributed by atoms with Crippen LogP contribution in [-0.4, -0.2) is 24.6 Å². The van der Waals surface area contributed by atoms with Crippen molar-refractivity contribution in [1.29, 1.82) is 0 Å². The van der Waals surface area contributed by atoms with Crippen LogP contribution in [0.25, 0.3) is 11.5 Å². The third-order valence-electron chi connectivity index (χ3n) is 4.20. The van der Waals surface area contributed by atoms with Gasteiger partial charge in [0.05, 0.1) is 31.5 Å². The number of methoxy groups -OCH3 is 1. The van der Waals surface area contributed by atoms with Gasteiger partial charge in [-0.05, 0) is 42.8 Å². The maximum atomic E-state index is 12.5. The first-order chi connectivity index (χ1) is 14.1. The van der Waals surface area contributed by atoms with Crippen molar-refractivity contribution in [2.24, 2.45) is 0 Å². The van der Waals surface area contributed by atoms with Gasteiger partial charge >= 0.3 is 0 Å². The van der Waals surface area contributed by atoms with Crippen LogP contribution in [0.15, 0.2) is 53.1 Å². The molecule has 0 atom stereocenters. The van der Waals surface area contributed by atoms with Gasteiger partial charge in [-0.3, -0.25) is 4.79 Å². The van der Waals surface area contributed by atoms with Crippen molar-refractivity contribution in [2.45, 2.75) is 26.2 Å². The third kappa shape index (κ3) is 5.74. The Labute approximate surface area is 174 Å². The standard InChI is InChI=1S/C22H23ClN2O4/c1-3-4-11-28-20-10-9-18(27-2)13-19(20)25-21(26)12-17-14-29-22(24-17)15-5-7-16(23)8-6-15/h5-10,13-14H,3-4,11-12H2,1-2H3,(H,25,26). The number of carbonyl (C=O) groups excluding carboxylic acids is 1. The van der Waals surface area contributed by atoms with Gasteiger partial charge in [-0.25, -0.2) is 4.98 Å². The van der Waals surface area contributed by atoms with Crippen LogP contribution in [-0.2, 0) is 11.2 Å². The molecule has 3 rings (SSSR count). The molecule has 0 aliphatic heterocycles. The van der Waals surface area contributed by atoms with Gasteiger partial charge in [0.1, 0.15) is 17.8 Å². The molecule has 29 heavy (non-hydrogen) atoms. The number of amides is 1. The Kier molecular flexibility index (Phi) is 7.14. The van der Waals surface area contributed by atoms with Gasteiger partial charge in [0, 0.05) is 16.7 Å². The Morgan fingerprint density at radius 2 is 2.00 bits per heavy atom. The molecule has 1 amide bonds. The number of rotatable bonds is 9. The van der Waals surface area contributed by atoms with E-state index in [0.29, 0.717) is 40.4 Å². The number of oxazole rings is 1. The van der Waals surface area contributed by atoms with Crippen molar-refractivity contribution in [1.82, 2.24) is 4.98 Å². The largest absolute Gasteiger partial charge is 0.497 e. The first-order valence-electron chi connectivity index (χ1n) is 9.40. The number of halogens is 1. The predicted molar refractivity (Wildman–Crippen MR) is 113 cm³/mol. The van der Waals surface area contributed by atoms with Crippen molar-refractivity contribution >= 4 is 23.2 Å². The normalized spacial score (nSPS) is 10.6. The van der Waals surface area contributed by atoms with Crippen LogP contribution in [0.4, 0.5) is 5.69 Å². The molecule has 0 saturated carbocycles. The van der Waals surface area contributed by atoms with E-state index in [2.05, 4.69) is 17.2 Å². The number of carbonyl (C=O) groups is 1. The predicted octanol–water partition coefficient (Wildman–Crippen LogP) is 5.36. The van der Waals surface area contributed by atoms with E-state index in [9.17, 15) is 4.79 Å². The lowest BCUT2D eigenvalue weighted by Gasteiger charge is -2.13. The molecule has 0 spiro atoms. The number of anilines is 1. The molecule has 0 unspecified atom stereocenters. The quantitative estimate of drug-likeness (QED) is 0.477. The zero-order valence-corrected chi connectivity index (χ0v) is 17.2. The summed E-state index contributed by atoms with van der Waals surface area (Å²) in [6, 6.07) is 12.5. The molecule has 152 valence electrons. The van der Waals surface area contributed by atoms with Crippen LogP contribution < -0.4 is 14.8 Å². The minimum atomic E-state index is -0.227. The van der Waals surface area contributed by atoms with Crippen molar-refractivity contribution in [2.75, 3.05) is 19.0 Å². The molecule has 3 aromatic rings. The second-order valence-corrected chi connectivity index (χ2v) is 6.88. The lowest BCUT2D eigenvalue weighted by Crippen LogP contribution is -2.15. The van der Waals surface area contributed by atoms with Gasteiger partial charge < -0.3 is 19.2 Å².